The van der Waals surface area contributed by atoms with Gasteiger partial charge < -0.3 is 10.4 Å². The molecule has 0 unspecified atom stereocenters. The van der Waals surface area contributed by atoms with E-state index in [1.807, 2.05) is 0 Å². The Morgan fingerprint density at radius 2 is 2.00 bits per heavy atom. The monoisotopic (exact) mass is 351 g/mol. The molecule has 0 radical (unpaired) electrons. The topological polar surface area (TPSA) is 118 Å². The first-order valence-corrected chi connectivity index (χ1v) is 8.90. The van der Waals surface area contributed by atoms with Gasteiger partial charge in [-0.1, -0.05) is 0 Å². The number of carboxylic acid groups (broad SMARTS) is 1. The number of carbonyl (C=O) groups excluding carboxylic acids is 1. The predicted octanol–water partition coefficient (Wildman–Crippen LogP) is 1.09. The summed E-state index contributed by atoms with van der Waals surface area (Å²) in [6, 6.07) is 3.52. The third kappa shape index (κ3) is 4.66. The van der Waals surface area contributed by atoms with Crippen molar-refractivity contribution in [3.63, 3.8) is 0 Å². The van der Waals surface area contributed by atoms with Gasteiger partial charge in [-0.2, -0.15) is 5.10 Å². The number of anilines is 1. The van der Waals surface area contributed by atoms with E-state index in [0.29, 0.717) is 6.42 Å². The van der Waals surface area contributed by atoms with Crippen LogP contribution in [0.3, 0.4) is 0 Å². The second-order valence-corrected chi connectivity index (χ2v) is 7.41. The van der Waals surface area contributed by atoms with Gasteiger partial charge in [0.2, 0.25) is 5.91 Å². The quantitative estimate of drug-likeness (QED) is 0.804. The summed E-state index contributed by atoms with van der Waals surface area (Å²) in [6.45, 7) is 0. The van der Waals surface area contributed by atoms with Crippen molar-refractivity contribution in [3.8, 4) is 0 Å². The number of hydrogen-bond donors (Lipinski definition) is 2. The number of amides is 1. The first-order valence-electron chi connectivity index (χ1n) is 7.01. The Balaban J connectivity index is 2.14. The van der Waals surface area contributed by atoms with Crippen LogP contribution in [0, 0.1) is 0 Å². The Morgan fingerprint density at radius 1 is 1.29 bits per heavy atom. The number of nitrogens with one attached hydrogen (secondary N) is 1. The van der Waals surface area contributed by atoms with E-state index in [1.165, 1.54) is 12.1 Å². The van der Waals surface area contributed by atoms with E-state index in [1.54, 1.807) is 24.1 Å². The highest BCUT2D eigenvalue weighted by molar-refractivity contribution is 7.90. The Hall–Kier alpha value is -2.68. The number of nitrogens with zero attached hydrogens (tertiary/aromatic N) is 2. The molecule has 1 aromatic heterocycles. The second-order valence-electron chi connectivity index (χ2n) is 5.39. The van der Waals surface area contributed by atoms with Crippen LogP contribution in [0.25, 0.3) is 0 Å². The first-order chi connectivity index (χ1) is 11.1. The smallest absolute Gasteiger partial charge is 0.335 e. The standard InChI is InChI=1S/C15H17N3O5S/c1-18-9-10(8-16-18)3-4-14(19)17-12-5-11(15(20)21)6-13(7-12)24(2,22)23/h5-9H,3-4H2,1-2H3,(H,17,19)(H,20,21). The fourth-order valence-corrected chi connectivity index (χ4v) is 2.77. The minimum atomic E-state index is -3.60. The number of sulfone groups is 1. The van der Waals surface area contributed by atoms with Crippen LogP contribution < -0.4 is 5.32 Å². The van der Waals surface area contributed by atoms with Gasteiger partial charge in [-0.25, -0.2) is 13.2 Å². The lowest BCUT2D eigenvalue weighted by atomic mass is 10.1. The number of aromatic nitrogens is 2. The number of aromatic carboxylic acids is 1. The fraction of sp³-hybridized carbons (Fsp3) is 0.267. The van der Waals surface area contributed by atoms with E-state index in [0.717, 1.165) is 17.9 Å². The molecule has 0 atom stereocenters. The van der Waals surface area contributed by atoms with Crippen molar-refractivity contribution >= 4 is 27.4 Å². The first kappa shape index (κ1) is 17.7. The highest BCUT2D eigenvalue weighted by Crippen LogP contribution is 2.19. The largest absolute Gasteiger partial charge is 0.478 e. The van der Waals surface area contributed by atoms with E-state index in [-0.39, 0.29) is 28.5 Å². The van der Waals surface area contributed by atoms with Crippen molar-refractivity contribution < 1.29 is 23.1 Å². The molecule has 0 spiro atoms. The molecular formula is C15H17N3O5S. The molecule has 0 bridgehead atoms. The maximum Gasteiger partial charge on any atom is 0.335 e. The number of hydrogen-bond acceptors (Lipinski definition) is 5. The number of aryl methyl sites for hydroxylation is 2. The molecule has 0 saturated heterocycles. The van der Waals surface area contributed by atoms with E-state index < -0.39 is 15.8 Å². The second kappa shape index (κ2) is 6.83. The molecule has 0 aliphatic heterocycles. The zero-order valence-electron chi connectivity index (χ0n) is 13.2. The van der Waals surface area contributed by atoms with E-state index in [9.17, 15) is 18.0 Å². The molecule has 2 rings (SSSR count). The van der Waals surface area contributed by atoms with Crippen molar-refractivity contribution in [3.05, 3.63) is 41.7 Å². The summed E-state index contributed by atoms with van der Waals surface area (Å²) in [6.07, 6.45) is 5.05. The number of rotatable bonds is 6. The summed E-state index contributed by atoms with van der Waals surface area (Å²) in [7, 11) is -1.82. The molecule has 1 amide bonds. The molecule has 24 heavy (non-hydrogen) atoms. The van der Waals surface area contributed by atoms with Crippen LogP contribution in [0.15, 0.2) is 35.5 Å². The van der Waals surface area contributed by atoms with Gasteiger partial charge in [0.1, 0.15) is 0 Å². The maximum atomic E-state index is 12.0. The van der Waals surface area contributed by atoms with Gasteiger partial charge in [0.25, 0.3) is 0 Å². The summed E-state index contributed by atoms with van der Waals surface area (Å²) in [4.78, 5) is 23.0. The Morgan fingerprint density at radius 3 is 2.54 bits per heavy atom. The molecule has 9 heteroatoms. The van der Waals surface area contributed by atoms with Crippen LogP contribution >= 0.6 is 0 Å². The molecule has 0 aliphatic rings. The number of carboxylic acids is 1. The zero-order chi connectivity index (χ0) is 17.9. The van der Waals surface area contributed by atoms with Crippen LogP contribution in [0.4, 0.5) is 5.69 Å². The Kier molecular flexibility index (Phi) is 5.03. The third-order valence-corrected chi connectivity index (χ3v) is 4.36. The van der Waals surface area contributed by atoms with E-state index in [4.69, 9.17) is 5.11 Å². The number of benzene rings is 1. The lowest BCUT2D eigenvalue weighted by molar-refractivity contribution is -0.116. The zero-order valence-corrected chi connectivity index (χ0v) is 14.0. The van der Waals surface area contributed by atoms with E-state index >= 15 is 0 Å². The van der Waals surface area contributed by atoms with E-state index in [2.05, 4.69) is 10.4 Å². The molecule has 1 heterocycles. The molecule has 0 saturated carbocycles. The average Bonchev–Trinajstić information content (AvgIpc) is 2.89. The van der Waals surface area contributed by atoms with Crippen molar-refractivity contribution in [2.24, 2.45) is 7.05 Å². The van der Waals surface area contributed by atoms with Crippen LogP contribution in [-0.2, 0) is 28.1 Å². The normalized spacial score (nSPS) is 11.2. The van der Waals surface area contributed by atoms with Crippen LogP contribution in [0.5, 0.6) is 0 Å². The molecule has 2 aromatic rings. The Labute approximate surface area is 139 Å². The summed E-state index contributed by atoms with van der Waals surface area (Å²) in [5, 5.41) is 15.6. The van der Waals surface area contributed by atoms with Crippen molar-refractivity contribution in [2.75, 3.05) is 11.6 Å². The van der Waals surface area contributed by atoms with Crippen molar-refractivity contribution in [1.29, 1.82) is 0 Å². The summed E-state index contributed by atoms with van der Waals surface area (Å²) in [5.41, 5.74) is 0.816. The van der Waals surface area contributed by atoms with Gasteiger partial charge in [-0.3, -0.25) is 9.48 Å². The molecule has 0 fully saturated rings. The van der Waals surface area contributed by atoms with Crippen LogP contribution in [0.2, 0.25) is 0 Å². The Bertz CT molecular complexity index is 886. The van der Waals surface area contributed by atoms with Gasteiger partial charge in [-0.15, -0.1) is 0 Å². The van der Waals surface area contributed by atoms with Gasteiger partial charge in [0, 0.05) is 31.6 Å². The molecule has 0 aliphatic carbocycles. The minimum Gasteiger partial charge on any atom is -0.478 e. The van der Waals surface area contributed by atoms with Crippen molar-refractivity contribution in [2.45, 2.75) is 17.7 Å². The van der Waals surface area contributed by atoms with Gasteiger partial charge in [0.05, 0.1) is 16.7 Å². The minimum absolute atomic E-state index is 0.131. The summed E-state index contributed by atoms with van der Waals surface area (Å²) < 4.78 is 24.9. The molecule has 1 aromatic carbocycles. The van der Waals surface area contributed by atoms with Crippen LogP contribution in [0.1, 0.15) is 22.3 Å². The number of carbonyl (C=O) groups is 2. The highest BCUT2D eigenvalue weighted by atomic mass is 32.2. The third-order valence-electron chi connectivity index (χ3n) is 3.26. The fourth-order valence-electron chi connectivity index (χ4n) is 2.09. The van der Waals surface area contributed by atoms with Crippen molar-refractivity contribution in [1.82, 2.24) is 9.78 Å². The van der Waals surface area contributed by atoms with Crippen LogP contribution in [-0.4, -0.2) is 41.4 Å². The molecular weight excluding hydrogens is 334 g/mol. The average molecular weight is 351 g/mol. The maximum absolute atomic E-state index is 12.0. The van der Waals surface area contributed by atoms with Gasteiger partial charge in [0.15, 0.2) is 9.84 Å². The summed E-state index contributed by atoms with van der Waals surface area (Å²) >= 11 is 0. The molecule has 128 valence electrons. The lowest BCUT2D eigenvalue weighted by Crippen LogP contribution is -2.13. The SMILES string of the molecule is Cn1cc(CCC(=O)Nc2cc(C(=O)O)cc(S(C)(=O)=O)c2)cn1. The van der Waals surface area contributed by atoms with Gasteiger partial charge >= 0.3 is 5.97 Å². The summed E-state index contributed by atoms with van der Waals surface area (Å²) in [5.74, 6) is -1.62. The lowest BCUT2D eigenvalue weighted by Gasteiger charge is -2.08. The van der Waals surface area contributed by atoms with Gasteiger partial charge in [-0.05, 0) is 30.2 Å². The molecule has 8 nitrogen and oxygen atoms in total. The molecule has 2 N–H and O–H groups in total. The predicted molar refractivity (Wildman–Crippen MR) is 86.7 cm³/mol. The highest BCUT2D eigenvalue weighted by Gasteiger charge is 2.15.